The predicted molar refractivity (Wildman–Crippen MR) is 98.3 cm³/mol. The summed E-state index contributed by atoms with van der Waals surface area (Å²) < 4.78 is 1.89. The number of aromatic nitrogens is 2. The van der Waals surface area contributed by atoms with Gasteiger partial charge >= 0.3 is 0 Å². The minimum Gasteiger partial charge on any atom is -0.355 e. The first-order valence-electron chi connectivity index (χ1n) is 9.49. The second-order valence-electron chi connectivity index (χ2n) is 7.02. The van der Waals surface area contributed by atoms with E-state index in [2.05, 4.69) is 20.7 Å². The second-order valence-corrected chi connectivity index (χ2v) is 7.02. The zero-order chi connectivity index (χ0) is 17.5. The molecule has 0 radical (unpaired) electrons. The fourth-order valence-electron chi connectivity index (χ4n) is 3.80. The van der Waals surface area contributed by atoms with E-state index in [0.717, 1.165) is 51.4 Å². The van der Waals surface area contributed by atoms with Crippen molar-refractivity contribution < 1.29 is 4.79 Å². The lowest BCUT2D eigenvalue weighted by Gasteiger charge is -2.26. The van der Waals surface area contributed by atoms with Gasteiger partial charge in [0.1, 0.15) is 0 Å². The Morgan fingerprint density at radius 2 is 2.12 bits per heavy atom. The van der Waals surface area contributed by atoms with Crippen molar-refractivity contribution in [1.29, 1.82) is 0 Å². The van der Waals surface area contributed by atoms with Crippen LogP contribution in [0, 0.1) is 5.92 Å². The molecule has 1 saturated heterocycles. The molecule has 1 unspecified atom stereocenters. The number of nitrogens with one attached hydrogen (secondary N) is 2. The summed E-state index contributed by atoms with van der Waals surface area (Å²) >= 11 is 0. The fraction of sp³-hybridized carbons (Fsp3) is 0.722. The third-order valence-electron chi connectivity index (χ3n) is 5.21. The van der Waals surface area contributed by atoms with Gasteiger partial charge < -0.3 is 15.5 Å². The molecule has 2 N–H and O–H groups in total. The van der Waals surface area contributed by atoms with Gasteiger partial charge in [0, 0.05) is 51.0 Å². The number of hydrogen-bond acceptors (Lipinski definition) is 3. The van der Waals surface area contributed by atoms with Crippen LogP contribution in [0.2, 0.25) is 0 Å². The van der Waals surface area contributed by atoms with Crippen LogP contribution in [0.1, 0.15) is 38.5 Å². The van der Waals surface area contributed by atoms with E-state index in [1.807, 2.05) is 21.8 Å². The molecule has 1 aliphatic carbocycles. The molecule has 2 fully saturated rings. The molecule has 1 aliphatic heterocycles. The molecule has 1 aromatic rings. The summed E-state index contributed by atoms with van der Waals surface area (Å²) in [6, 6.07) is 2.20. The number of amides is 1. The van der Waals surface area contributed by atoms with Crippen molar-refractivity contribution in [3.63, 3.8) is 0 Å². The van der Waals surface area contributed by atoms with Crippen LogP contribution in [-0.4, -0.2) is 59.3 Å². The zero-order valence-electron chi connectivity index (χ0n) is 15.2. The molecule has 0 spiro atoms. The Morgan fingerprint density at radius 3 is 2.84 bits per heavy atom. The van der Waals surface area contributed by atoms with Gasteiger partial charge in [-0.2, -0.15) is 5.10 Å². The van der Waals surface area contributed by atoms with Gasteiger partial charge in [0.2, 0.25) is 5.91 Å². The standard InChI is InChI=1S/C18H30N6O/c1-19-18(20-10-13-24-11-5-9-21-24)22-16-8-12-23(14-16)17(25)15-6-3-2-4-7-15/h5,9,11,15-16H,2-4,6-8,10,12-14H2,1H3,(H2,19,20,22). The summed E-state index contributed by atoms with van der Waals surface area (Å²) in [4.78, 5) is 19.0. The van der Waals surface area contributed by atoms with Crippen LogP contribution in [-0.2, 0) is 11.3 Å². The van der Waals surface area contributed by atoms with E-state index >= 15 is 0 Å². The van der Waals surface area contributed by atoms with Gasteiger partial charge in [-0.05, 0) is 25.3 Å². The molecule has 1 saturated carbocycles. The Labute approximate surface area is 149 Å². The van der Waals surface area contributed by atoms with Crippen molar-refractivity contribution in [2.24, 2.45) is 10.9 Å². The number of aliphatic imine (C=N–C) groups is 1. The van der Waals surface area contributed by atoms with Gasteiger partial charge in [0.05, 0.1) is 6.54 Å². The molecule has 3 rings (SSSR count). The average molecular weight is 346 g/mol. The fourth-order valence-corrected chi connectivity index (χ4v) is 3.80. The van der Waals surface area contributed by atoms with E-state index in [9.17, 15) is 4.79 Å². The molecule has 0 aromatic carbocycles. The van der Waals surface area contributed by atoms with Crippen molar-refractivity contribution in [2.75, 3.05) is 26.7 Å². The Balaban J connectivity index is 1.40. The molecule has 7 heteroatoms. The van der Waals surface area contributed by atoms with Gasteiger partial charge in [-0.1, -0.05) is 19.3 Å². The number of carbonyl (C=O) groups excluding carboxylic acids is 1. The zero-order valence-corrected chi connectivity index (χ0v) is 15.2. The van der Waals surface area contributed by atoms with Gasteiger partial charge in [0.25, 0.3) is 0 Å². The highest BCUT2D eigenvalue weighted by atomic mass is 16.2. The molecule has 1 aromatic heterocycles. The summed E-state index contributed by atoms with van der Waals surface area (Å²) in [6.07, 6.45) is 10.6. The van der Waals surface area contributed by atoms with Crippen LogP contribution < -0.4 is 10.6 Å². The van der Waals surface area contributed by atoms with Crippen LogP contribution >= 0.6 is 0 Å². The number of guanidine groups is 1. The van der Waals surface area contributed by atoms with E-state index in [-0.39, 0.29) is 12.0 Å². The lowest BCUT2D eigenvalue weighted by atomic mass is 9.88. The maximum atomic E-state index is 12.6. The third kappa shape index (κ3) is 4.96. The van der Waals surface area contributed by atoms with Crippen LogP contribution in [0.25, 0.3) is 0 Å². The Morgan fingerprint density at radius 1 is 1.28 bits per heavy atom. The van der Waals surface area contributed by atoms with E-state index in [1.54, 1.807) is 13.2 Å². The number of hydrogen-bond donors (Lipinski definition) is 2. The SMILES string of the molecule is CN=C(NCCn1cccn1)NC1CCN(C(=O)C2CCCCC2)C1. The normalized spacial score (nSPS) is 22.2. The van der Waals surface area contributed by atoms with Gasteiger partial charge in [0.15, 0.2) is 5.96 Å². The maximum Gasteiger partial charge on any atom is 0.225 e. The predicted octanol–water partition coefficient (Wildman–Crippen LogP) is 1.23. The number of nitrogens with zero attached hydrogens (tertiary/aromatic N) is 4. The van der Waals surface area contributed by atoms with E-state index < -0.39 is 0 Å². The molecule has 2 aliphatic rings. The highest BCUT2D eigenvalue weighted by Crippen LogP contribution is 2.26. The quantitative estimate of drug-likeness (QED) is 0.621. The second kappa shape index (κ2) is 8.87. The van der Waals surface area contributed by atoms with Crippen molar-refractivity contribution in [3.8, 4) is 0 Å². The highest BCUT2D eigenvalue weighted by molar-refractivity contribution is 5.81. The molecule has 0 bridgehead atoms. The van der Waals surface area contributed by atoms with Crippen LogP contribution in [0.15, 0.2) is 23.5 Å². The molecule has 25 heavy (non-hydrogen) atoms. The maximum absolute atomic E-state index is 12.6. The summed E-state index contributed by atoms with van der Waals surface area (Å²) in [7, 11) is 1.78. The van der Waals surface area contributed by atoms with Gasteiger partial charge in [-0.15, -0.1) is 0 Å². The average Bonchev–Trinajstić information content (AvgIpc) is 3.33. The van der Waals surface area contributed by atoms with Gasteiger partial charge in [-0.3, -0.25) is 14.5 Å². The van der Waals surface area contributed by atoms with Crippen LogP contribution in [0.5, 0.6) is 0 Å². The summed E-state index contributed by atoms with van der Waals surface area (Å²) in [5.74, 6) is 1.42. The highest BCUT2D eigenvalue weighted by Gasteiger charge is 2.31. The Bertz CT molecular complexity index is 564. The lowest BCUT2D eigenvalue weighted by Crippen LogP contribution is -2.46. The first kappa shape index (κ1) is 17.8. The van der Waals surface area contributed by atoms with Crippen molar-refractivity contribution in [3.05, 3.63) is 18.5 Å². The van der Waals surface area contributed by atoms with E-state index in [0.29, 0.717) is 5.91 Å². The van der Waals surface area contributed by atoms with Gasteiger partial charge in [-0.25, -0.2) is 0 Å². The molecule has 138 valence electrons. The topological polar surface area (TPSA) is 74.6 Å². The minimum absolute atomic E-state index is 0.263. The molecule has 1 amide bonds. The Hall–Kier alpha value is -2.05. The summed E-state index contributed by atoms with van der Waals surface area (Å²) in [6.45, 7) is 3.20. The smallest absolute Gasteiger partial charge is 0.225 e. The lowest BCUT2D eigenvalue weighted by molar-refractivity contribution is -0.135. The monoisotopic (exact) mass is 346 g/mol. The number of likely N-dealkylation sites (tertiary alicyclic amines) is 1. The third-order valence-corrected chi connectivity index (χ3v) is 5.21. The first-order valence-corrected chi connectivity index (χ1v) is 9.49. The molecule has 2 heterocycles. The molecule has 1 atom stereocenters. The molecule has 7 nitrogen and oxygen atoms in total. The minimum atomic E-state index is 0.263. The summed E-state index contributed by atoms with van der Waals surface area (Å²) in [5.41, 5.74) is 0. The van der Waals surface area contributed by atoms with Crippen molar-refractivity contribution in [2.45, 2.75) is 51.1 Å². The van der Waals surface area contributed by atoms with E-state index in [1.165, 1.54) is 19.3 Å². The number of rotatable bonds is 5. The largest absolute Gasteiger partial charge is 0.355 e. The van der Waals surface area contributed by atoms with Crippen molar-refractivity contribution in [1.82, 2.24) is 25.3 Å². The Kier molecular flexibility index (Phi) is 6.30. The summed E-state index contributed by atoms with van der Waals surface area (Å²) in [5, 5.41) is 11.0. The van der Waals surface area contributed by atoms with Crippen molar-refractivity contribution >= 4 is 11.9 Å². The first-order chi connectivity index (χ1) is 12.3. The van der Waals surface area contributed by atoms with Crippen LogP contribution in [0.3, 0.4) is 0 Å². The van der Waals surface area contributed by atoms with E-state index in [4.69, 9.17) is 0 Å². The molecular formula is C18H30N6O. The number of carbonyl (C=O) groups is 1. The van der Waals surface area contributed by atoms with Crippen LogP contribution in [0.4, 0.5) is 0 Å². The molecular weight excluding hydrogens is 316 g/mol.